The Morgan fingerprint density at radius 1 is 0.933 bits per heavy atom. The van der Waals surface area contributed by atoms with Crippen LogP contribution in [0.1, 0.15) is 17.3 Å². The standard InChI is InChI=1S/C23H22N2O5/c1-15(22(27)25-19-11-10-16-6-3-4-7-17(16)12-19)30-21(26)14-24-23(28)18-8-5-9-20(13-18)29-2/h3-13,15H,14H2,1-2H3,(H,24,28)(H,25,27). The molecular formula is C23H22N2O5. The van der Waals surface area contributed by atoms with E-state index in [-0.39, 0.29) is 6.54 Å². The number of hydrogen-bond acceptors (Lipinski definition) is 5. The van der Waals surface area contributed by atoms with Crippen LogP contribution in [-0.4, -0.2) is 37.5 Å². The highest BCUT2D eigenvalue weighted by Crippen LogP contribution is 2.19. The van der Waals surface area contributed by atoms with Gasteiger partial charge in [-0.1, -0.05) is 36.4 Å². The lowest BCUT2D eigenvalue weighted by molar-refractivity contribution is -0.152. The van der Waals surface area contributed by atoms with Crippen LogP contribution in [0.25, 0.3) is 10.8 Å². The number of nitrogens with one attached hydrogen (secondary N) is 2. The van der Waals surface area contributed by atoms with E-state index in [0.717, 1.165) is 10.8 Å². The second-order valence-corrected chi connectivity index (χ2v) is 6.60. The Balaban J connectivity index is 1.50. The predicted octanol–water partition coefficient (Wildman–Crippen LogP) is 3.15. The Hall–Kier alpha value is -3.87. The van der Waals surface area contributed by atoms with Gasteiger partial charge in [0.15, 0.2) is 6.10 Å². The monoisotopic (exact) mass is 406 g/mol. The minimum absolute atomic E-state index is 0.351. The van der Waals surface area contributed by atoms with Crippen molar-refractivity contribution in [1.82, 2.24) is 5.32 Å². The second-order valence-electron chi connectivity index (χ2n) is 6.60. The minimum atomic E-state index is -1.02. The fourth-order valence-electron chi connectivity index (χ4n) is 2.82. The number of benzene rings is 3. The van der Waals surface area contributed by atoms with Crippen LogP contribution in [-0.2, 0) is 14.3 Å². The third-order valence-electron chi connectivity index (χ3n) is 4.42. The van der Waals surface area contributed by atoms with Crippen molar-refractivity contribution in [3.05, 3.63) is 72.3 Å². The topological polar surface area (TPSA) is 93.7 Å². The van der Waals surface area contributed by atoms with E-state index in [4.69, 9.17) is 9.47 Å². The first kappa shape index (κ1) is 20.9. The van der Waals surface area contributed by atoms with E-state index in [1.165, 1.54) is 14.0 Å². The number of anilines is 1. The van der Waals surface area contributed by atoms with Gasteiger partial charge in [0.05, 0.1) is 7.11 Å². The van der Waals surface area contributed by atoms with Crippen LogP contribution in [0.15, 0.2) is 66.7 Å². The van der Waals surface area contributed by atoms with E-state index < -0.39 is 23.9 Å². The first-order chi connectivity index (χ1) is 14.5. The molecule has 0 heterocycles. The van der Waals surface area contributed by atoms with Gasteiger partial charge in [0.25, 0.3) is 11.8 Å². The van der Waals surface area contributed by atoms with Crippen LogP contribution in [0, 0.1) is 0 Å². The Labute approximate surface area is 174 Å². The van der Waals surface area contributed by atoms with Crippen molar-refractivity contribution in [2.75, 3.05) is 19.0 Å². The summed E-state index contributed by atoms with van der Waals surface area (Å²) in [7, 11) is 1.50. The molecule has 1 unspecified atom stereocenters. The quantitative estimate of drug-likeness (QED) is 0.588. The van der Waals surface area contributed by atoms with Gasteiger partial charge in [-0.25, -0.2) is 0 Å². The number of ether oxygens (including phenoxy) is 2. The summed E-state index contributed by atoms with van der Waals surface area (Å²) in [5.41, 5.74) is 0.956. The smallest absolute Gasteiger partial charge is 0.326 e. The summed E-state index contributed by atoms with van der Waals surface area (Å²) in [5, 5.41) is 7.23. The highest BCUT2D eigenvalue weighted by Gasteiger charge is 2.19. The molecule has 30 heavy (non-hydrogen) atoms. The summed E-state index contributed by atoms with van der Waals surface area (Å²) in [6, 6.07) is 19.8. The van der Waals surface area contributed by atoms with Gasteiger partial charge < -0.3 is 20.1 Å². The van der Waals surface area contributed by atoms with Crippen LogP contribution in [0.5, 0.6) is 5.75 Å². The van der Waals surface area contributed by atoms with Crippen molar-refractivity contribution >= 4 is 34.2 Å². The molecule has 2 N–H and O–H groups in total. The predicted molar refractivity (Wildman–Crippen MR) is 113 cm³/mol. The van der Waals surface area contributed by atoms with Crippen LogP contribution >= 0.6 is 0 Å². The second kappa shape index (κ2) is 9.56. The average Bonchev–Trinajstić information content (AvgIpc) is 2.77. The molecule has 0 aromatic heterocycles. The largest absolute Gasteiger partial charge is 0.497 e. The molecule has 3 aromatic rings. The summed E-state index contributed by atoms with van der Waals surface area (Å²) in [4.78, 5) is 36.5. The van der Waals surface area contributed by atoms with Crippen molar-refractivity contribution in [3.8, 4) is 5.75 Å². The molecule has 0 aliphatic heterocycles. The zero-order valence-corrected chi connectivity index (χ0v) is 16.7. The maximum Gasteiger partial charge on any atom is 0.326 e. The number of fused-ring (bicyclic) bond motifs is 1. The molecule has 0 radical (unpaired) electrons. The van der Waals surface area contributed by atoms with E-state index in [9.17, 15) is 14.4 Å². The maximum absolute atomic E-state index is 12.3. The summed E-state index contributed by atoms with van der Waals surface area (Å²) in [6.07, 6.45) is -1.02. The number of esters is 1. The van der Waals surface area contributed by atoms with Gasteiger partial charge in [0.1, 0.15) is 12.3 Å². The summed E-state index contributed by atoms with van der Waals surface area (Å²) in [6.45, 7) is 1.11. The SMILES string of the molecule is COc1cccc(C(=O)NCC(=O)OC(C)C(=O)Nc2ccc3ccccc3c2)c1. The molecule has 0 spiro atoms. The molecule has 1 atom stereocenters. The number of hydrogen-bond donors (Lipinski definition) is 2. The van der Waals surface area contributed by atoms with Crippen LogP contribution in [0.2, 0.25) is 0 Å². The Morgan fingerprint density at radius 3 is 2.47 bits per heavy atom. The van der Waals surface area contributed by atoms with Gasteiger partial charge in [0.2, 0.25) is 0 Å². The molecule has 7 nitrogen and oxygen atoms in total. The van der Waals surface area contributed by atoms with Crippen LogP contribution in [0.4, 0.5) is 5.69 Å². The number of carbonyl (C=O) groups excluding carboxylic acids is 3. The van der Waals surface area contributed by atoms with E-state index in [2.05, 4.69) is 10.6 Å². The van der Waals surface area contributed by atoms with Crippen molar-refractivity contribution in [2.45, 2.75) is 13.0 Å². The Bertz CT molecular complexity index is 1080. The lowest BCUT2D eigenvalue weighted by Gasteiger charge is -2.14. The molecule has 0 bridgehead atoms. The third-order valence-corrected chi connectivity index (χ3v) is 4.42. The number of amides is 2. The molecule has 0 aliphatic carbocycles. The van der Waals surface area contributed by atoms with Crippen LogP contribution < -0.4 is 15.4 Å². The zero-order chi connectivity index (χ0) is 21.5. The lowest BCUT2D eigenvalue weighted by atomic mass is 10.1. The van der Waals surface area contributed by atoms with Crippen molar-refractivity contribution in [2.24, 2.45) is 0 Å². The first-order valence-electron chi connectivity index (χ1n) is 9.37. The summed E-state index contributed by atoms with van der Waals surface area (Å²) in [5.74, 6) is -1.09. The summed E-state index contributed by atoms with van der Waals surface area (Å²) < 4.78 is 10.2. The van der Waals surface area contributed by atoms with Crippen molar-refractivity contribution in [3.63, 3.8) is 0 Å². The number of methoxy groups -OCH3 is 1. The van der Waals surface area contributed by atoms with Gasteiger partial charge >= 0.3 is 5.97 Å². The van der Waals surface area contributed by atoms with Crippen molar-refractivity contribution < 1.29 is 23.9 Å². The highest BCUT2D eigenvalue weighted by molar-refractivity contribution is 5.98. The first-order valence-corrected chi connectivity index (χ1v) is 9.37. The normalized spacial score (nSPS) is 11.4. The van der Waals surface area contributed by atoms with Gasteiger partial charge in [-0.15, -0.1) is 0 Å². The molecule has 2 amide bonds. The van der Waals surface area contributed by atoms with E-state index >= 15 is 0 Å². The lowest BCUT2D eigenvalue weighted by Crippen LogP contribution is -2.35. The molecule has 0 saturated heterocycles. The number of carbonyl (C=O) groups is 3. The van der Waals surface area contributed by atoms with E-state index in [0.29, 0.717) is 17.0 Å². The molecule has 0 fully saturated rings. The maximum atomic E-state index is 12.3. The third kappa shape index (κ3) is 5.35. The van der Waals surface area contributed by atoms with E-state index in [1.54, 1.807) is 30.3 Å². The van der Waals surface area contributed by atoms with Gasteiger partial charge in [0, 0.05) is 11.3 Å². The molecule has 7 heteroatoms. The van der Waals surface area contributed by atoms with Gasteiger partial charge in [-0.2, -0.15) is 0 Å². The fraction of sp³-hybridized carbons (Fsp3) is 0.174. The minimum Gasteiger partial charge on any atom is -0.497 e. The van der Waals surface area contributed by atoms with Crippen molar-refractivity contribution in [1.29, 1.82) is 0 Å². The molecular weight excluding hydrogens is 384 g/mol. The number of rotatable bonds is 7. The molecule has 154 valence electrons. The Kier molecular flexibility index (Phi) is 6.64. The van der Waals surface area contributed by atoms with Gasteiger partial charge in [-0.05, 0) is 48.0 Å². The highest BCUT2D eigenvalue weighted by atomic mass is 16.5. The van der Waals surface area contributed by atoms with Gasteiger partial charge in [-0.3, -0.25) is 14.4 Å². The molecule has 0 saturated carbocycles. The molecule has 3 aromatic carbocycles. The fourth-order valence-corrected chi connectivity index (χ4v) is 2.82. The molecule has 3 rings (SSSR count). The van der Waals surface area contributed by atoms with Crippen LogP contribution in [0.3, 0.4) is 0 Å². The summed E-state index contributed by atoms with van der Waals surface area (Å²) >= 11 is 0. The Morgan fingerprint density at radius 2 is 1.70 bits per heavy atom. The zero-order valence-electron chi connectivity index (χ0n) is 16.7. The van der Waals surface area contributed by atoms with E-state index in [1.807, 2.05) is 36.4 Å². The average molecular weight is 406 g/mol. The molecule has 0 aliphatic rings.